The van der Waals surface area contributed by atoms with Crippen LogP contribution >= 0.6 is 22.9 Å². The molecule has 1 amide bonds. The highest BCUT2D eigenvalue weighted by Gasteiger charge is 2.38. The first-order chi connectivity index (χ1) is 7.56. The summed E-state index contributed by atoms with van der Waals surface area (Å²) < 4.78 is 0. The van der Waals surface area contributed by atoms with E-state index in [4.69, 9.17) is 11.6 Å². The highest BCUT2D eigenvalue weighted by molar-refractivity contribution is 7.13. The minimum absolute atomic E-state index is 0.0246. The lowest BCUT2D eigenvalue weighted by atomic mass is 9.78. The number of thiazole rings is 1. The van der Waals surface area contributed by atoms with Crippen LogP contribution in [0.15, 0.2) is 0 Å². The Morgan fingerprint density at radius 3 is 2.62 bits per heavy atom. The highest BCUT2D eigenvalue weighted by atomic mass is 35.5. The number of hydrogen-bond donors (Lipinski definition) is 1. The molecule has 0 atom stereocenters. The van der Waals surface area contributed by atoms with Crippen LogP contribution in [-0.2, 0) is 0 Å². The molecule has 0 unspecified atom stereocenters. The van der Waals surface area contributed by atoms with Crippen LogP contribution in [0.4, 0.5) is 0 Å². The van der Waals surface area contributed by atoms with Crippen molar-refractivity contribution in [3.63, 3.8) is 0 Å². The minimum Gasteiger partial charge on any atom is -0.345 e. The molecule has 1 aromatic heterocycles. The van der Waals surface area contributed by atoms with Gasteiger partial charge in [-0.05, 0) is 33.1 Å². The Morgan fingerprint density at radius 1 is 1.56 bits per heavy atom. The van der Waals surface area contributed by atoms with Gasteiger partial charge in [0.15, 0.2) is 0 Å². The van der Waals surface area contributed by atoms with Gasteiger partial charge in [-0.15, -0.1) is 22.9 Å². The molecule has 0 saturated heterocycles. The van der Waals surface area contributed by atoms with E-state index in [-0.39, 0.29) is 11.4 Å². The monoisotopic (exact) mass is 258 g/mol. The number of halogens is 1. The van der Waals surface area contributed by atoms with Gasteiger partial charge in [-0.3, -0.25) is 4.79 Å². The zero-order chi connectivity index (χ0) is 11.8. The second kappa shape index (κ2) is 4.34. The second-order valence-corrected chi connectivity index (χ2v) is 5.84. The second-order valence-electron chi connectivity index (χ2n) is 4.37. The number of nitrogens with one attached hydrogen (secondary N) is 1. The molecule has 0 aliphatic heterocycles. The molecule has 1 heterocycles. The number of hydrogen-bond acceptors (Lipinski definition) is 3. The van der Waals surface area contributed by atoms with Crippen molar-refractivity contribution in [2.45, 2.75) is 38.6 Å². The van der Waals surface area contributed by atoms with E-state index < -0.39 is 0 Å². The number of rotatable bonds is 3. The summed E-state index contributed by atoms with van der Waals surface area (Å²) in [7, 11) is 0. The van der Waals surface area contributed by atoms with Gasteiger partial charge < -0.3 is 5.32 Å². The molecular formula is C11H15ClN2OS. The largest absolute Gasteiger partial charge is 0.345 e. The summed E-state index contributed by atoms with van der Waals surface area (Å²) in [5.41, 5.74) is 0.646. The van der Waals surface area contributed by atoms with Crippen LogP contribution in [0, 0.1) is 13.8 Å². The van der Waals surface area contributed by atoms with E-state index in [9.17, 15) is 4.79 Å². The van der Waals surface area contributed by atoms with Gasteiger partial charge in [-0.25, -0.2) is 4.98 Å². The van der Waals surface area contributed by atoms with Gasteiger partial charge in [0, 0.05) is 5.88 Å². The minimum atomic E-state index is -0.164. The van der Waals surface area contributed by atoms with Gasteiger partial charge in [0.2, 0.25) is 0 Å². The van der Waals surface area contributed by atoms with E-state index in [1.165, 1.54) is 11.3 Å². The Hall–Kier alpha value is -0.610. The lowest BCUT2D eigenvalue weighted by Crippen LogP contribution is -2.54. The maximum atomic E-state index is 12.0. The standard InChI is InChI=1S/C11H15ClN2OS/c1-7-9(16-8(2)13-7)10(15)14-11(6-12)4-3-5-11/h3-6H2,1-2H3,(H,14,15). The number of aryl methyl sites for hydroxylation is 2. The Balaban J connectivity index is 2.11. The summed E-state index contributed by atoms with van der Waals surface area (Å²) in [5.74, 6) is 0.471. The van der Waals surface area contributed by atoms with Crippen LogP contribution in [0.5, 0.6) is 0 Å². The van der Waals surface area contributed by atoms with Crippen molar-refractivity contribution in [2.24, 2.45) is 0 Å². The Labute approximate surface area is 104 Å². The number of carbonyl (C=O) groups excluding carboxylic acids is 1. The van der Waals surface area contributed by atoms with Crippen LogP contribution in [-0.4, -0.2) is 22.3 Å². The lowest BCUT2D eigenvalue weighted by molar-refractivity contribution is 0.0857. The van der Waals surface area contributed by atoms with E-state index >= 15 is 0 Å². The maximum absolute atomic E-state index is 12.0. The Kier molecular flexibility index (Phi) is 3.22. The van der Waals surface area contributed by atoms with Gasteiger partial charge in [-0.2, -0.15) is 0 Å². The lowest BCUT2D eigenvalue weighted by Gasteiger charge is -2.40. The average Bonchev–Trinajstić information content (AvgIpc) is 2.51. The van der Waals surface area contributed by atoms with Crippen molar-refractivity contribution in [3.8, 4) is 0 Å². The first kappa shape index (κ1) is 11.9. The van der Waals surface area contributed by atoms with Crippen molar-refractivity contribution in [1.29, 1.82) is 0 Å². The SMILES string of the molecule is Cc1nc(C)c(C(=O)NC2(CCl)CCC2)s1. The maximum Gasteiger partial charge on any atom is 0.263 e. The smallest absolute Gasteiger partial charge is 0.263 e. The topological polar surface area (TPSA) is 42.0 Å². The molecule has 1 fully saturated rings. The third-order valence-corrected chi connectivity index (χ3v) is 4.64. The Morgan fingerprint density at radius 2 is 2.25 bits per heavy atom. The summed E-state index contributed by atoms with van der Waals surface area (Å²) in [6.45, 7) is 3.78. The first-order valence-corrected chi connectivity index (χ1v) is 6.74. The molecule has 3 nitrogen and oxygen atoms in total. The summed E-state index contributed by atoms with van der Waals surface area (Å²) in [4.78, 5) is 17.0. The third kappa shape index (κ3) is 2.09. The fourth-order valence-electron chi connectivity index (χ4n) is 1.94. The summed E-state index contributed by atoms with van der Waals surface area (Å²) in [6.07, 6.45) is 3.12. The zero-order valence-corrected chi connectivity index (χ0v) is 11.0. The summed E-state index contributed by atoms with van der Waals surface area (Å²) in [5, 5.41) is 3.98. The first-order valence-electron chi connectivity index (χ1n) is 5.39. The molecule has 5 heteroatoms. The number of alkyl halides is 1. The van der Waals surface area contributed by atoms with Crippen molar-refractivity contribution >= 4 is 28.8 Å². The zero-order valence-electron chi connectivity index (χ0n) is 9.47. The molecule has 1 N–H and O–H groups in total. The molecule has 0 spiro atoms. The van der Waals surface area contributed by atoms with Crippen LogP contribution < -0.4 is 5.32 Å². The third-order valence-electron chi connectivity index (χ3n) is 3.05. The molecule has 1 saturated carbocycles. The van der Waals surface area contributed by atoms with E-state index in [1.807, 2.05) is 13.8 Å². The van der Waals surface area contributed by atoms with E-state index in [0.717, 1.165) is 30.0 Å². The number of carbonyl (C=O) groups is 1. The van der Waals surface area contributed by atoms with Gasteiger partial charge in [0.05, 0.1) is 16.2 Å². The van der Waals surface area contributed by atoms with Gasteiger partial charge in [0.1, 0.15) is 4.88 Å². The van der Waals surface area contributed by atoms with Crippen molar-refractivity contribution in [1.82, 2.24) is 10.3 Å². The Bertz CT molecular complexity index is 407. The van der Waals surface area contributed by atoms with Crippen molar-refractivity contribution in [3.05, 3.63) is 15.6 Å². The predicted molar refractivity (Wildman–Crippen MR) is 66.4 cm³/mol. The fraction of sp³-hybridized carbons (Fsp3) is 0.636. The quantitative estimate of drug-likeness (QED) is 0.847. The molecule has 1 aromatic rings. The molecule has 1 aliphatic carbocycles. The van der Waals surface area contributed by atoms with E-state index in [1.54, 1.807) is 0 Å². The number of aromatic nitrogens is 1. The van der Waals surface area contributed by atoms with Crippen LogP contribution in [0.3, 0.4) is 0 Å². The average molecular weight is 259 g/mol. The fourth-order valence-corrected chi connectivity index (χ4v) is 3.08. The molecule has 16 heavy (non-hydrogen) atoms. The number of amides is 1. The molecule has 2 rings (SSSR count). The van der Waals surface area contributed by atoms with Crippen LogP contribution in [0.2, 0.25) is 0 Å². The molecule has 0 radical (unpaired) electrons. The molecular weight excluding hydrogens is 244 g/mol. The van der Waals surface area contributed by atoms with Crippen LogP contribution in [0.1, 0.15) is 39.6 Å². The van der Waals surface area contributed by atoms with Gasteiger partial charge in [0.25, 0.3) is 5.91 Å². The van der Waals surface area contributed by atoms with Crippen molar-refractivity contribution < 1.29 is 4.79 Å². The molecule has 88 valence electrons. The van der Waals surface area contributed by atoms with Gasteiger partial charge >= 0.3 is 0 Å². The highest BCUT2D eigenvalue weighted by Crippen LogP contribution is 2.33. The van der Waals surface area contributed by atoms with Crippen molar-refractivity contribution in [2.75, 3.05) is 5.88 Å². The summed E-state index contributed by atoms with van der Waals surface area (Å²) in [6, 6.07) is 0. The van der Waals surface area contributed by atoms with E-state index in [2.05, 4.69) is 10.3 Å². The van der Waals surface area contributed by atoms with E-state index in [0.29, 0.717) is 10.8 Å². The molecule has 0 bridgehead atoms. The van der Waals surface area contributed by atoms with Gasteiger partial charge in [-0.1, -0.05) is 0 Å². The molecule has 0 aromatic carbocycles. The normalized spacial score (nSPS) is 17.9. The summed E-state index contributed by atoms with van der Waals surface area (Å²) >= 11 is 7.35. The number of nitrogens with zero attached hydrogens (tertiary/aromatic N) is 1. The molecule has 1 aliphatic rings. The van der Waals surface area contributed by atoms with Crippen LogP contribution in [0.25, 0.3) is 0 Å². The predicted octanol–water partition coefficient (Wildman–Crippen LogP) is 2.65.